The molecule has 4 rings (SSSR count). The standard InChI is InChI=1S/C37H47NO4/c1-3-28(35(39)14-8-5-9-15-36(40)31-20-22-34(42-2)23-21-31)26-33(27-38-24-10-11-25-38)37(41)32-18-16-30(17-19-32)29-12-6-4-7-13-29/h4,6-7,12-13,16-23,28,33,37,41H,3,5,8-11,14-15,24-27H2,1-2H3. The number of hydrogen-bond acceptors (Lipinski definition) is 5. The summed E-state index contributed by atoms with van der Waals surface area (Å²) in [4.78, 5) is 28.3. The summed E-state index contributed by atoms with van der Waals surface area (Å²) in [5, 5.41) is 11.6. The van der Waals surface area contributed by atoms with Gasteiger partial charge in [0.25, 0.3) is 0 Å². The highest BCUT2D eigenvalue weighted by Crippen LogP contribution is 2.33. The summed E-state index contributed by atoms with van der Waals surface area (Å²) >= 11 is 0. The van der Waals surface area contributed by atoms with Crippen molar-refractivity contribution in [2.45, 2.75) is 70.8 Å². The van der Waals surface area contributed by atoms with E-state index in [2.05, 4.69) is 36.1 Å². The number of aliphatic hydroxyl groups excluding tert-OH is 1. The van der Waals surface area contributed by atoms with Gasteiger partial charge >= 0.3 is 0 Å². The van der Waals surface area contributed by atoms with Gasteiger partial charge in [-0.2, -0.15) is 0 Å². The minimum atomic E-state index is -0.610. The van der Waals surface area contributed by atoms with Gasteiger partial charge in [0.15, 0.2) is 5.78 Å². The molecule has 0 radical (unpaired) electrons. The Morgan fingerprint density at radius 3 is 2.12 bits per heavy atom. The summed E-state index contributed by atoms with van der Waals surface area (Å²) in [5.41, 5.74) is 3.92. The fourth-order valence-electron chi connectivity index (χ4n) is 6.15. The van der Waals surface area contributed by atoms with Crippen molar-refractivity contribution in [1.82, 2.24) is 4.90 Å². The summed E-state index contributed by atoms with van der Waals surface area (Å²) in [6.45, 7) is 5.04. The molecule has 224 valence electrons. The minimum Gasteiger partial charge on any atom is -0.497 e. The van der Waals surface area contributed by atoms with Crippen LogP contribution in [0.1, 0.15) is 86.7 Å². The summed E-state index contributed by atoms with van der Waals surface area (Å²) in [7, 11) is 1.61. The van der Waals surface area contributed by atoms with Crippen LogP contribution in [0.3, 0.4) is 0 Å². The van der Waals surface area contributed by atoms with Crippen LogP contribution >= 0.6 is 0 Å². The molecule has 42 heavy (non-hydrogen) atoms. The number of ketones is 2. The smallest absolute Gasteiger partial charge is 0.162 e. The Balaban J connectivity index is 1.30. The number of hydrogen-bond donors (Lipinski definition) is 1. The Bertz CT molecular complexity index is 1230. The Kier molecular flexibility index (Phi) is 12.3. The third-order valence-corrected chi connectivity index (χ3v) is 8.77. The lowest BCUT2D eigenvalue weighted by atomic mass is 9.82. The number of carbonyl (C=O) groups is 2. The molecule has 0 amide bonds. The second kappa shape index (κ2) is 16.4. The highest BCUT2D eigenvalue weighted by atomic mass is 16.5. The average Bonchev–Trinajstić information content (AvgIpc) is 3.56. The molecular formula is C37H47NO4. The van der Waals surface area contributed by atoms with E-state index in [0.717, 1.165) is 67.8 Å². The van der Waals surface area contributed by atoms with Gasteiger partial charge in [-0.25, -0.2) is 0 Å². The summed E-state index contributed by atoms with van der Waals surface area (Å²) in [5.74, 6) is 1.10. The molecule has 0 bridgehead atoms. The predicted octanol–water partition coefficient (Wildman–Crippen LogP) is 7.93. The van der Waals surface area contributed by atoms with Gasteiger partial charge in [0.2, 0.25) is 0 Å². The number of aliphatic hydroxyl groups is 1. The Labute approximate surface area is 251 Å². The van der Waals surface area contributed by atoms with Gasteiger partial charge in [0.05, 0.1) is 13.2 Å². The van der Waals surface area contributed by atoms with E-state index in [-0.39, 0.29) is 23.4 Å². The van der Waals surface area contributed by atoms with Crippen LogP contribution in [0.15, 0.2) is 78.9 Å². The monoisotopic (exact) mass is 569 g/mol. The second-order valence-electron chi connectivity index (χ2n) is 11.7. The van der Waals surface area contributed by atoms with Crippen molar-refractivity contribution in [2.75, 3.05) is 26.7 Å². The number of benzene rings is 3. The van der Waals surface area contributed by atoms with E-state index in [1.54, 1.807) is 19.2 Å². The van der Waals surface area contributed by atoms with Crippen LogP contribution in [0.2, 0.25) is 0 Å². The maximum atomic E-state index is 13.3. The van der Waals surface area contributed by atoms with E-state index in [1.165, 1.54) is 12.8 Å². The van der Waals surface area contributed by atoms with Gasteiger partial charge in [0, 0.05) is 36.8 Å². The van der Waals surface area contributed by atoms with Crippen molar-refractivity contribution < 1.29 is 19.4 Å². The highest BCUT2D eigenvalue weighted by molar-refractivity contribution is 5.96. The molecule has 0 spiro atoms. The number of likely N-dealkylation sites (tertiary alicyclic amines) is 1. The Morgan fingerprint density at radius 2 is 1.48 bits per heavy atom. The molecule has 1 aliphatic rings. The predicted molar refractivity (Wildman–Crippen MR) is 170 cm³/mol. The average molecular weight is 570 g/mol. The van der Waals surface area contributed by atoms with Gasteiger partial charge < -0.3 is 14.7 Å². The number of unbranched alkanes of at least 4 members (excludes halogenated alkanes) is 2. The van der Waals surface area contributed by atoms with Gasteiger partial charge in [0.1, 0.15) is 11.5 Å². The molecule has 1 fully saturated rings. The molecule has 3 aromatic rings. The molecule has 5 heteroatoms. The molecule has 1 N–H and O–H groups in total. The van der Waals surface area contributed by atoms with E-state index in [0.29, 0.717) is 24.8 Å². The van der Waals surface area contributed by atoms with Crippen molar-refractivity contribution in [1.29, 1.82) is 0 Å². The Hall–Kier alpha value is -3.28. The fourth-order valence-corrected chi connectivity index (χ4v) is 6.15. The minimum absolute atomic E-state index is 0.00157. The first-order valence-corrected chi connectivity index (χ1v) is 15.7. The van der Waals surface area contributed by atoms with Crippen LogP contribution in [0.5, 0.6) is 5.75 Å². The van der Waals surface area contributed by atoms with Gasteiger partial charge in [-0.15, -0.1) is 0 Å². The van der Waals surface area contributed by atoms with Crippen molar-refractivity contribution in [3.8, 4) is 16.9 Å². The number of nitrogens with zero attached hydrogens (tertiary/aromatic N) is 1. The third kappa shape index (κ3) is 9.11. The molecule has 3 aromatic carbocycles. The second-order valence-corrected chi connectivity index (χ2v) is 11.7. The zero-order chi connectivity index (χ0) is 29.7. The number of ether oxygens (including phenoxy) is 1. The summed E-state index contributed by atoms with van der Waals surface area (Å²) in [6.07, 6.45) is 6.73. The van der Waals surface area contributed by atoms with Crippen LogP contribution in [0, 0.1) is 11.8 Å². The van der Waals surface area contributed by atoms with Crippen LogP contribution in [0.4, 0.5) is 0 Å². The SMILES string of the molecule is CCC(CC(CN1CCCC1)C(O)c1ccc(-c2ccccc2)cc1)C(=O)CCCCCC(=O)c1ccc(OC)cc1. The lowest BCUT2D eigenvalue weighted by molar-refractivity contribution is -0.124. The van der Waals surface area contributed by atoms with Gasteiger partial charge in [-0.3, -0.25) is 9.59 Å². The summed E-state index contributed by atoms with van der Waals surface area (Å²) in [6, 6.07) is 25.8. The number of carbonyl (C=O) groups excluding carboxylic acids is 2. The lowest BCUT2D eigenvalue weighted by Crippen LogP contribution is -2.33. The first-order chi connectivity index (χ1) is 20.5. The summed E-state index contributed by atoms with van der Waals surface area (Å²) < 4.78 is 5.17. The first kappa shape index (κ1) is 31.7. The van der Waals surface area contributed by atoms with Crippen molar-refractivity contribution in [2.24, 2.45) is 11.8 Å². The molecule has 5 nitrogen and oxygen atoms in total. The molecule has 0 saturated carbocycles. The maximum absolute atomic E-state index is 13.3. The first-order valence-electron chi connectivity index (χ1n) is 15.7. The Morgan fingerprint density at radius 1 is 0.833 bits per heavy atom. The van der Waals surface area contributed by atoms with E-state index in [4.69, 9.17) is 4.74 Å². The molecule has 3 unspecified atom stereocenters. The van der Waals surface area contributed by atoms with Gasteiger partial charge in [-0.05, 0) is 92.6 Å². The van der Waals surface area contributed by atoms with E-state index in [9.17, 15) is 14.7 Å². The molecule has 3 atom stereocenters. The molecule has 0 aromatic heterocycles. The van der Waals surface area contributed by atoms with Crippen molar-refractivity contribution >= 4 is 11.6 Å². The number of rotatable bonds is 17. The molecule has 1 saturated heterocycles. The molecule has 1 aliphatic heterocycles. The van der Waals surface area contributed by atoms with Crippen LogP contribution < -0.4 is 4.74 Å². The quantitative estimate of drug-likeness (QED) is 0.132. The zero-order valence-electron chi connectivity index (χ0n) is 25.3. The van der Waals surface area contributed by atoms with E-state index < -0.39 is 6.10 Å². The number of methoxy groups -OCH3 is 1. The fraction of sp³-hybridized carbons (Fsp3) is 0.459. The number of Topliss-reactive ketones (excluding diaryl/α,β-unsaturated/α-hetero) is 2. The van der Waals surface area contributed by atoms with Crippen LogP contribution in [-0.4, -0.2) is 48.3 Å². The normalized spacial score (nSPS) is 15.7. The largest absolute Gasteiger partial charge is 0.497 e. The third-order valence-electron chi connectivity index (χ3n) is 8.77. The lowest BCUT2D eigenvalue weighted by Gasteiger charge is -2.30. The van der Waals surface area contributed by atoms with Crippen molar-refractivity contribution in [3.05, 3.63) is 90.0 Å². The highest BCUT2D eigenvalue weighted by Gasteiger charge is 2.29. The van der Waals surface area contributed by atoms with Crippen molar-refractivity contribution in [3.63, 3.8) is 0 Å². The topological polar surface area (TPSA) is 66.8 Å². The molecule has 1 heterocycles. The van der Waals surface area contributed by atoms with Crippen LogP contribution in [-0.2, 0) is 4.79 Å². The molecular weight excluding hydrogens is 522 g/mol. The zero-order valence-corrected chi connectivity index (χ0v) is 25.3. The van der Waals surface area contributed by atoms with E-state index >= 15 is 0 Å². The maximum Gasteiger partial charge on any atom is 0.162 e. The van der Waals surface area contributed by atoms with Gasteiger partial charge in [-0.1, -0.05) is 67.9 Å². The molecule has 0 aliphatic carbocycles. The van der Waals surface area contributed by atoms with Crippen LogP contribution in [0.25, 0.3) is 11.1 Å². The van der Waals surface area contributed by atoms with E-state index in [1.807, 2.05) is 42.5 Å².